The van der Waals surface area contributed by atoms with Crippen molar-refractivity contribution in [3.63, 3.8) is 0 Å². The molecule has 2 bridgehead atoms. The molecule has 2 rings (SSSR count). The van der Waals surface area contributed by atoms with E-state index in [9.17, 15) is 0 Å². The second kappa shape index (κ2) is 3.91. The van der Waals surface area contributed by atoms with Gasteiger partial charge in [0.05, 0.1) is 0 Å². The van der Waals surface area contributed by atoms with Gasteiger partial charge in [0.25, 0.3) is 0 Å². The summed E-state index contributed by atoms with van der Waals surface area (Å²) in [5.74, 6) is 0. The lowest BCUT2D eigenvalue weighted by atomic mass is 10.3. The Kier molecular flexibility index (Phi) is 4.29. The molecule has 0 aromatic carbocycles. The zero-order valence-corrected chi connectivity index (χ0v) is 8.52. The Hall–Kier alpha value is 0.880. The SMILES string of the molecule is Br.Br.C1N[C@H]2CN[C@@H]1C2. The van der Waals surface area contributed by atoms with Gasteiger partial charge < -0.3 is 10.6 Å². The van der Waals surface area contributed by atoms with Gasteiger partial charge in [-0.15, -0.1) is 34.0 Å². The van der Waals surface area contributed by atoms with Gasteiger partial charge in [0.1, 0.15) is 0 Å². The van der Waals surface area contributed by atoms with E-state index in [-0.39, 0.29) is 34.0 Å². The lowest BCUT2D eigenvalue weighted by Crippen LogP contribution is -2.39. The highest BCUT2D eigenvalue weighted by Gasteiger charge is 2.29. The summed E-state index contributed by atoms with van der Waals surface area (Å²) in [6, 6.07) is 1.62. The van der Waals surface area contributed by atoms with Crippen molar-refractivity contribution in [3.05, 3.63) is 0 Å². The first kappa shape index (κ1) is 9.88. The zero-order valence-electron chi connectivity index (χ0n) is 5.09. The smallest absolute Gasteiger partial charge is 0.0208 e. The first-order chi connectivity index (χ1) is 3.45. The minimum absolute atomic E-state index is 0. The average Bonchev–Trinajstić information content (AvgIpc) is 2.22. The molecule has 0 aliphatic carbocycles. The van der Waals surface area contributed by atoms with E-state index in [1.165, 1.54) is 19.5 Å². The van der Waals surface area contributed by atoms with Gasteiger partial charge in [0.2, 0.25) is 0 Å². The maximum Gasteiger partial charge on any atom is 0.0208 e. The second-order valence-corrected chi connectivity index (χ2v) is 2.45. The molecule has 0 aromatic heterocycles. The van der Waals surface area contributed by atoms with Crippen LogP contribution in [0.1, 0.15) is 6.42 Å². The maximum atomic E-state index is 3.39. The summed E-state index contributed by atoms with van der Waals surface area (Å²) in [6.07, 6.45) is 1.36. The number of nitrogens with one attached hydrogen (secondary N) is 2. The molecule has 56 valence electrons. The molecule has 4 heteroatoms. The van der Waals surface area contributed by atoms with Crippen LogP contribution in [-0.4, -0.2) is 25.2 Å². The number of hydrogen-bond donors (Lipinski definition) is 2. The molecule has 9 heavy (non-hydrogen) atoms. The molecule has 2 saturated heterocycles. The topological polar surface area (TPSA) is 24.1 Å². The fourth-order valence-corrected chi connectivity index (χ4v) is 1.44. The Balaban J connectivity index is 0.000000320. The fraction of sp³-hybridized carbons (Fsp3) is 1.00. The van der Waals surface area contributed by atoms with Crippen molar-refractivity contribution >= 4 is 34.0 Å². The van der Waals surface area contributed by atoms with Crippen molar-refractivity contribution in [1.82, 2.24) is 10.6 Å². The Labute approximate surface area is 76.3 Å². The Morgan fingerprint density at radius 1 is 0.889 bits per heavy atom. The largest absolute Gasteiger partial charge is 0.311 e. The van der Waals surface area contributed by atoms with Crippen LogP contribution in [0.25, 0.3) is 0 Å². The van der Waals surface area contributed by atoms with E-state index in [0.29, 0.717) is 0 Å². The molecule has 2 atom stereocenters. The van der Waals surface area contributed by atoms with Crippen molar-refractivity contribution in [2.45, 2.75) is 18.5 Å². The summed E-state index contributed by atoms with van der Waals surface area (Å²) >= 11 is 0. The van der Waals surface area contributed by atoms with E-state index in [4.69, 9.17) is 0 Å². The highest BCUT2D eigenvalue weighted by atomic mass is 79.9. The van der Waals surface area contributed by atoms with Gasteiger partial charge in [0, 0.05) is 25.2 Å². The first-order valence-corrected chi connectivity index (χ1v) is 2.92. The Morgan fingerprint density at radius 3 is 1.44 bits per heavy atom. The normalized spacial score (nSPS) is 37.3. The summed E-state index contributed by atoms with van der Waals surface area (Å²) in [7, 11) is 0. The number of hydrogen-bond acceptors (Lipinski definition) is 2. The summed E-state index contributed by atoms with van der Waals surface area (Å²) in [5.41, 5.74) is 0. The van der Waals surface area contributed by atoms with E-state index >= 15 is 0 Å². The van der Waals surface area contributed by atoms with Crippen LogP contribution in [0.4, 0.5) is 0 Å². The quantitative estimate of drug-likeness (QED) is 0.661. The zero-order chi connectivity index (χ0) is 4.69. The molecule has 0 aromatic rings. The van der Waals surface area contributed by atoms with Crippen molar-refractivity contribution in [2.75, 3.05) is 13.1 Å². The van der Waals surface area contributed by atoms with Crippen LogP contribution in [0.2, 0.25) is 0 Å². The molecule has 2 aliphatic rings. The molecule has 0 amide bonds. The van der Waals surface area contributed by atoms with Gasteiger partial charge in [-0.05, 0) is 6.42 Å². The highest BCUT2D eigenvalue weighted by Crippen LogP contribution is 2.11. The number of fused-ring (bicyclic) bond motifs is 2. The predicted octanol–water partition coefficient (Wildman–Crippen LogP) is 0.476. The molecule has 0 spiro atoms. The predicted molar refractivity (Wildman–Crippen MR) is 48.8 cm³/mol. The van der Waals surface area contributed by atoms with Gasteiger partial charge in [-0.1, -0.05) is 0 Å². The molecule has 0 radical (unpaired) electrons. The molecular weight excluding hydrogens is 248 g/mol. The van der Waals surface area contributed by atoms with Crippen LogP contribution >= 0.6 is 34.0 Å². The van der Waals surface area contributed by atoms with E-state index in [1.807, 2.05) is 0 Å². The standard InChI is InChI=1S/C5H10N2.2BrH/c1-4-2-6-5(1)3-7-4;;/h4-7H,1-3H2;2*1H/t4-,5-;;/m1../s1. The van der Waals surface area contributed by atoms with Crippen molar-refractivity contribution in [1.29, 1.82) is 0 Å². The van der Waals surface area contributed by atoms with Gasteiger partial charge >= 0.3 is 0 Å². The second-order valence-electron chi connectivity index (χ2n) is 2.45. The Morgan fingerprint density at radius 2 is 1.33 bits per heavy atom. The average molecular weight is 260 g/mol. The molecular formula is C5H12Br2N2. The molecule has 2 aliphatic heterocycles. The number of piperazine rings is 1. The maximum absolute atomic E-state index is 3.39. The lowest BCUT2D eigenvalue weighted by molar-refractivity contribution is 0.528. The van der Waals surface area contributed by atoms with Crippen LogP contribution in [0.3, 0.4) is 0 Å². The molecule has 2 nitrogen and oxygen atoms in total. The van der Waals surface area contributed by atoms with E-state index in [1.54, 1.807) is 0 Å². The minimum atomic E-state index is 0. The summed E-state index contributed by atoms with van der Waals surface area (Å²) in [6.45, 7) is 2.40. The summed E-state index contributed by atoms with van der Waals surface area (Å²) < 4.78 is 0. The van der Waals surface area contributed by atoms with Crippen molar-refractivity contribution in [3.8, 4) is 0 Å². The highest BCUT2D eigenvalue weighted by molar-refractivity contribution is 8.93. The van der Waals surface area contributed by atoms with Gasteiger partial charge in [-0.2, -0.15) is 0 Å². The van der Waals surface area contributed by atoms with Crippen molar-refractivity contribution in [2.24, 2.45) is 0 Å². The third-order valence-corrected chi connectivity index (χ3v) is 1.87. The van der Waals surface area contributed by atoms with Crippen LogP contribution < -0.4 is 10.6 Å². The minimum Gasteiger partial charge on any atom is -0.311 e. The van der Waals surface area contributed by atoms with Crippen LogP contribution in [0.15, 0.2) is 0 Å². The van der Waals surface area contributed by atoms with Gasteiger partial charge in [-0.3, -0.25) is 0 Å². The lowest BCUT2D eigenvalue weighted by Gasteiger charge is -2.10. The van der Waals surface area contributed by atoms with Gasteiger partial charge in [0.15, 0.2) is 0 Å². The van der Waals surface area contributed by atoms with Crippen LogP contribution in [0, 0.1) is 0 Å². The molecule has 0 saturated carbocycles. The van der Waals surface area contributed by atoms with Crippen LogP contribution in [0.5, 0.6) is 0 Å². The monoisotopic (exact) mass is 258 g/mol. The first-order valence-electron chi connectivity index (χ1n) is 2.92. The van der Waals surface area contributed by atoms with Crippen molar-refractivity contribution < 1.29 is 0 Å². The van der Waals surface area contributed by atoms with E-state index in [2.05, 4.69) is 10.6 Å². The third kappa shape index (κ3) is 1.90. The number of rotatable bonds is 0. The number of halogens is 2. The van der Waals surface area contributed by atoms with Gasteiger partial charge in [-0.25, -0.2) is 0 Å². The van der Waals surface area contributed by atoms with E-state index < -0.39 is 0 Å². The molecule has 2 N–H and O–H groups in total. The Bertz CT molecular complexity index is 71.0. The molecule has 2 fully saturated rings. The molecule has 0 unspecified atom stereocenters. The van der Waals surface area contributed by atoms with Crippen LogP contribution in [-0.2, 0) is 0 Å². The summed E-state index contributed by atoms with van der Waals surface area (Å²) in [5, 5.41) is 6.79. The third-order valence-electron chi connectivity index (χ3n) is 1.87. The fourth-order valence-electron chi connectivity index (χ4n) is 1.44. The summed E-state index contributed by atoms with van der Waals surface area (Å²) in [4.78, 5) is 0. The molecule has 2 heterocycles. The van der Waals surface area contributed by atoms with E-state index in [0.717, 1.165) is 12.1 Å².